The highest BCUT2D eigenvalue weighted by molar-refractivity contribution is 7.85. The van der Waals surface area contributed by atoms with Gasteiger partial charge in [0, 0.05) is 0 Å². The summed E-state index contributed by atoms with van der Waals surface area (Å²) in [6.07, 6.45) is 56.8. The Bertz CT molecular complexity index is 1370. The van der Waals surface area contributed by atoms with Crippen LogP contribution in [0.15, 0.2) is 47.4 Å². The zero-order chi connectivity index (χ0) is 45.0. The van der Waals surface area contributed by atoms with E-state index in [-0.39, 0.29) is 24.3 Å². The molecule has 0 aliphatic rings. The zero-order valence-electron chi connectivity index (χ0n) is 40.1. The number of ether oxygens (including phenoxy) is 2. The fourth-order valence-electron chi connectivity index (χ4n) is 7.98. The Morgan fingerprint density at radius 2 is 0.694 bits per heavy atom. The quantitative estimate of drug-likeness (QED) is 0.0301. The molecule has 0 fully saturated rings. The number of carbonyl (C=O) groups is 2. The van der Waals surface area contributed by atoms with Gasteiger partial charge in [0.2, 0.25) is 0 Å². The van der Waals surface area contributed by atoms with E-state index in [1.54, 1.807) is 0 Å². The SMILES string of the molecule is CCCCCCCCCCCCCCC/C=C/CCCCCCOC(=O)c1ccc(S(=O)(=O)O)cc1C(=O)OCCCCCC/C=C/CCCCCCCCCCCCCCC. The molecule has 0 aliphatic carbocycles. The van der Waals surface area contributed by atoms with Gasteiger partial charge in [-0.1, -0.05) is 218 Å². The second-order valence-electron chi connectivity index (χ2n) is 17.9. The third-order valence-corrected chi connectivity index (χ3v) is 12.9. The molecular formula is C54H94O7S. The molecule has 0 spiro atoms. The van der Waals surface area contributed by atoms with Crippen LogP contribution in [0.1, 0.15) is 279 Å². The van der Waals surface area contributed by atoms with Gasteiger partial charge in [-0.3, -0.25) is 4.55 Å². The summed E-state index contributed by atoms with van der Waals surface area (Å²) in [4.78, 5) is 25.5. The van der Waals surface area contributed by atoms with E-state index in [1.807, 2.05) is 0 Å². The molecule has 0 heterocycles. The topological polar surface area (TPSA) is 107 Å². The van der Waals surface area contributed by atoms with Crippen LogP contribution in [0.4, 0.5) is 0 Å². The van der Waals surface area contributed by atoms with Gasteiger partial charge < -0.3 is 9.47 Å². The van der Waals surface area contributed by atoms with Gasteiger partial charge in [0.05, 0.1) is 29.2 Å². The van der Waals surface area contributed by atoms with Crippen molar-refractivity contribution in [1.29, 1.82) is 0 Å². The molecule has 1 rings (SSSR count). The van der Waals surface area contributed by atoms with E-state index in [2.05, 4.69) is 38.2 Å². The maximum atomic E-state index is 13.0. The summed E-state index contributed by atoms with van der Waals surface area (Å²) in [5, 5.41) is 0. The van der Waals surface area contributed by atoms with Crippen molar-refractivity contribution in [3.63, 3.8) is 0 Å². The largest absolute Gasteiger partial charge is 0.462 e. The third-order valence-electron chi connectivity index (χ3n) is 12.0. The van der Waals surface area contributed by atoms with Gasteiger partial charge in [-0.05, 0) is 82.4 Å². The molecule has 8 heteroatoms. The van der Waals surface area contributed by atoms with E-state index in [9.17, 15) is 22.6 Å². The number of carbonyl (C=O) groups excluding carboxylic acids is 2. The first-order valence-corrected chi connectivity index (χ1v) is 27.5. The number of benzene rings is 1. The van der Waals surface area contributed by atoms with Crippen LogP contribution in [0.5, 0.6) is 0 Å². The molecule has 0 aliphatic heterocycles. The molecule has 1 aromatic rings. The molecule has 7 nitrogen and oxygen atoms in total. The van der Waals surface area contributed by atoms with Crippen molar-refractivity contribution in [3.05, 3.63) is 53.6 Å². The van der Waals surface area contributed by atoms with Crippen LogP contribution in [0.3, 0.4) is 0 Å². The van der Waals surface area contributed by atoms with Gasteiger partial charge in [0.25, 0.3) is 10.1 Å². The van der Waals surface area contributed by atoms with Crippen LogP contribution in [0.25, 0.3) is 0 Å². The Kier molecular flexibility index (Phi) is 39.5. The van der Waals surface area contributed by atoms with Crippen molar-refractivity contribution >= 4 is 22.1 Å². The van der Waals surface area contributed by atoms with Crippen molar-refractivity contribution < 1.29 is 32.0 Å². The molecule has 0 unspecified atom stereocenters. The lowest BCUT2D eigenvalue weighted by molar-refractivity contribution is 0.0450. The maximum absolute atomic E-state index is 13.0. The van der Waals surface area contributed by atoms with E-state index < -0.39 is 27.0 Å². The average molecular weight is 887 g/mol. The molecule has 0 aromatic heterocycles. The van der Waals surface area contributed by atoms with Crippen LogP contribution < -0.4 is 0 Å². The van der Waals surface area contributed by atoms with Gasteiger partial charge in [-0.25, -0.2) is 9.59 Å². The molecule has 1 N–H and O–H groups in total. The number of hydrogen-bond donors (Lipinski definition) is 1. The van der Waals surface area contributed by atoms with E-state index in [0.717, 1.165) is 76.3 Å². The third kappa shape index (κ3) is 35.0. The fourth-order valence-corrected chi connectivity index (χ4v) is 8.49. The fraction of sp³-hybridized carbons (Fsp3) is 0.778. The second kappa shape index (κ2) is 42.5. The van der Waals surface area contributed by atoms with Crippen molar-refractivity contribution in [2.24, 2.45) is 0 Å². The molecule has 0 saturated carbocycles. The highest BCUT2D eigenvalue weighted by atomic mass is 32.2. The van der Waals surface area contributed by atoms with Crippen LogP contribution in [0.2, 0.25) is 0 Å². The van der Waals surface area contributed by atoms with Crippen LogP contribution in [-0.2, 0) is 19.6 Å². The van der Waals surface area contributed by atoms with Gasteiger partial charge in [0.1, 0.15) is 0 Å². The number of hydrogen-bond acceptors (Lipinski definition) is 6. The average Bonchev–Trinajstić information content (AvgIpc) is 3.26. The van der Waals surface area contributed by atoms with E-state index in [1.165, 1.54) is 173 Å². The summed E-state index contributed by atoms with van der Waals surface area (Å²) in [6.45, 7) is 4.91. The minimum absolute atomic E-state index is 0.0679. The van der Waals surface area contributed by atoms with E-state index in [0.29, 0.717) is 12.8 Å². The van der Waals surface area contributed by atoms with Gasteiger partial charge in [0.15, 0.2) is 0 Å². The molecule has 0 atom stereocenters. The van der Waals surface area contributed by atoms with Crippen molar-refractivity contribution in [2.75, 3.05) is 13.2 Å². The number of allylic oxidation sites excluding steroid dienone is 4. The first kappa shape index (κ1) is 57.6. The predicted octanol–water partition coefficient (Wildman–Crippen LogP) is 17.2. The van der Waals surface area contributed by atoms with E-state index in [4.69, 9.17) is 9.47 Å². The minimum Gasteiger partial charge on any atom is -0.462 e. The normalized spacial score (nSPS) is 11.9. The van der Waals surface area contributed by atoms with E-state index >= 15 is 0 Å². The van der Waals surface area contributed by atoms with Crippen molar-refractivity contribution in [3.8, 4) is 0 Å². The van der Waals surface area contributed by atoms with Gasteiger partial charge in [-0.2, -0.15) is 8.42 Å². The van der Waals surface area contributed by atoms with Crippen LogP contribution in [0, 0.1) is 0 Å². The molecule has 0 bridgehead atoms. The summed E-state index contributed by atoms with van der Waals surface area (Å²) >= 11 is 0. The summed E-state index contributed by atoms with van der Waals surface area (Å²) in [5.74, 6) is -1.52. The Hall–Kier alpha value is -2.45. The minimum atomic E-state index is -4.58. The lowest BCUT2D eigenvalue weighted by Gasteiger charge is -2.11. The summed E-state index contributed by atoms with van der Waals surface area (Å²) < 4.78 is 44.1. The monoisotopic (exact) mass is 887 g/mol. The Balaban J connectivity index is 2.15. The van der Waals surface area contributed by atoms with Gasteiger partial charge >= 0.3 is 11.9 Å². The van der Waals surface area contributed by atoms with Crippen molar-refractivity contribution in [1.82, 2.24) is 0 Å². The Morgan fingerprint density at radius 1 is 0.419 bits per heavy atom. The molecule has 358 valence electrons. The molecule has 0 amide bonds. The number of esters is 2. The lowest BCUT2D eigenvalue weighted by atomic mass is 10.0. The first-order chi connectivity index (χ1) is 30.3. The zero-order valence-corrected chi connectivity index (χ0v) is 40.9. The molecule has 0 saturated heterocycles. The Morgan fingerprint density at radius 3 is 1.00 bits per heavy atom. The molecule has 1 aromatic carbocycles. The molecule has 0 radical (unpaired) electrons. The lowest BCUT2D eigenvalue weighted by Crippen LogP contribution is -2.16. The Labute approximate surface area is 382 Å². The number of unbranched alkanes of at least 4 members (excludes halogenated alkanes) is 34. The predicted molar refractivity (Wildman–Crippen MR) is 262 cm³/mol. The summed E-state index contributed by atoms with van der Waals surface area (Å²) in [5.41, 5.74) is -0.286. The maximum Gasteiger partial charge on any atom is 0.339 e. The molecular weight excluding hydrogens is 793 g/mol. The standard InChI is InChI=1S/C54H94O7S/c1-3-5-7-9-11-13-15-17-19-21-23-25-27-29-31-33-35-37-39-41-43-47-60-53(55)51-46-45-50(62(57,58)59)49-52(51)54(56)61-48-44-42-40-38-36-34-32-30-28-26-24-22-20-18-16-14-12-10-8-6-4-2/h31-34,45-46,49H,3-30,35-44,47-48H2,1-2H3,(H,57,58,59)/b33-31+,34-32+. The highest BCUT2D eigenvalue weighted by Crippen LogP contribution is 2.20. The summed E-state index contributed by atoms with van der Waals surface area (Å²) in [6, 6.07) is 3.30. The van der Waals surface area contributed by atoms with Gasteiger partial charge in [-0.15, -0.1) is 0 Å². The number of rotatable bonds is 45. The molecule has 62 heavy (non-hydrogen) atoms. The van der Waals surface area contributed by atoms with Crippen molar-refractivity contribution in [2.45, 2.75) is 263 Å². The second-order valence-corrected chi connectivity index (χ2v) is 19.3. The van der Waals surface area contributed by atoms with Crippen LogP contribution in [-0.4, -0.2) is 38.1 Å². The first-order valence-electron chi connectivity index (χ1n) is 26.1. The highest BCUT2D eigenvalue weighted by Gasteiger charge is 2.23. The summed E-state index contributed by atoms with van der Waals surface area (Å²) in [7, 11) is -4.58. The van der Waals surface area contributed by atoms with Crippen LogP contribution >= 0.6 is 0 Å². The smallest absolute Gasteiger partial charge is 0.339 e.